The molecule has 1 rings (SSSR count). The van der Waals surface area contributed by atoms with Gasteiger partial charge in [0.05, 0.1) is 7.11 Å². The summed E-state index contributed by atoms with van der Waals surface area (Å²) in [6.45, 7) is 0. The number of carboxylic acids is 1. The Kier molecular flexibility index (Phi) is 3.83. The second kappa shape index (κ2) is 4.91. The number of benzene rings is 1. The van der Waals surface area contributed by atoms with Crippen molar-refractivity contribution >= 4 is 18.6 Å². The second-order valence-corrected chi connectivity index (χ2v) is 3.22. The number of carboxylic acid groups (broad SMARTS) is 1. The van der Waals surface area contributed by atoms with Crippen molar-refractivity contribution in [1.29, 1.82) is 0 Å². The molecule has 1 aromatic rings. The molecule has 0 bridgehead atoms. The normalized spacial score (nSPS) is 9.86. The SMILES string of the molecule is COc1cccc(CCS)c1C(=O)O. The van der Waals surface area contributed by atoms with Gasteiger partial charge in [0, 0.05) is 0 Å². The van der Waals surface area contributed by atoms with Gasteiger partial charge in [0.15, 0.2) is 0 Å². The maximum atomic E-state index is 11.0. The third-order valence-electron chi connectivity index (χ3n) is 1.93. The largest absolute Gasteiger partial charge is 0.496 e. The van der Waals surface area contributed by atoms with Crippen molar-refractivity contribution in [3.8, 4) is 5.75 Å². The molecule has 0 saturated carbocycles. The molecule has 0 aliphatic rings. The molecule has 0 aliphatic heterocycles. The molecule has 0 amide bonds. The lowest BCUT2D eigenvalue weighted by Gasteiger charge is -2.09. The van der Waals surface area contributed by atoms with Gasteiger partial charge in [-0.1, -0.05) is 12.1 Å². The first kappa shape index (κ1) is 10.9. The van der Waals surface area contributed by atoms with Gasteiger partial charge in [0.25, 0.3) is 0 Å². The van der Waals surface area contributed by atoms with E-state index in [0.717, 1.165) is 5.56 Å². The summed E-state index contributed by atoms with van der Waals surface area (Å²) in [7, 11) is 1.46. The third-order valence-corrected chi connectivity index (χ3v) is 2.15. The number of hydrogen-bond donors (Lipinski definition) is 2. The molecule has 76 valence electrons. The van der Waals surface area contributed by atoms with Crippen LogP contribution in [-0.2, 0) is 6.42 Å². The lowest BCUT2D eigenvalue weighted by Crippen LogP contribution is -2.05. The molecule has 0 fully saturated rings. The molecule has 4 heteroatoms. The fraction of sp³-hybridized carbons (Fsp3) is 0.300. The van der Waals surface area contributed by atoms with Crippen LogP contribution < -0.4 is 4.74 Å². The summed E-state index contributed by atoms with van der Waals surface area (Å²) in [4.78, 5) is 11.0. The number of thiol groups is 1. The molecular weight excluding hydrogens is 200 g/mol. The van der Waals surface area contributed by atoms with Gasteiger partial charge in [-0.05, 0) is 23.8 Å². The molecule has 0 aromatic heterocycles. The lowest BCUT2D eigenvalue weighted by molar-refractivity contribution is 0.0692. The Morgan fingerprint density at radius 2 is 2.29 bits per heavy atom. The predicted octanol–water partition coefficient (Wildman–Crippen LogP) is 1.87. The summed E-state index contributed by atoms with van der Waals surface area (Å²) >= 11 is 4.08. The minimum absolute atomic E-state index is 0.240. The van der Waals surface area contributed by atoms with E-state index in [2.05, 4.69) is 12.6 Å². The fourth-order valence-corrected chi connectivity index (χ4v) is 1.56. The van der Waals surface area contributed by atoms with Crippen LogP contribution >= 0.6 is 12.6 Å². The van der Waals surface area contributed by atoms with Crippen molar-refractivity contribution in [1.82, 2.24) is 0 Å². The molecular formula is C10H12O3S. The van der Waals surface area contributed by atoms with Crippen molar-refractivity contribution in [2.75, 3.05) is 12.9 Å². The molecule has 1 N–H and O–H groups in total. The van der Waals surface area contributed by atoms with E-state index in [-0.39, 0.29) is 5.56 Å². The maximum Gasteiger partial charge on any atom is 0.339 e. The number of hydrogen-bond acceptors (Lipinski definition) is 3. The van der Waals surface area contributed by atoms with Crippen LogP contribution in [0.25, 0.3) is 0 Å². The highest BCUT2D eigenvalue weighted by Crippen LogP contribution is 2.22. The van der Waals surface area contributed by atoms with Gasteiger partial charge in [0.2, 0.25) is 0 Å². The standard InChI is InChI=1S/C10H12O3S/c1-13-8-4-2-3-7(5-6-14)9(8)10(11)12/h2-4,14H,5-6H2,1H3,(H,11,12). The Morgan fingerprint density at radius 1 is 1.57 bits per heavy atom. The zero-order valence-electron chi connectivity index (χ0n) is 7.86. The van der Waals surface area contributed by atoms with Crippen LogP contribution in [0.2, 0.25) is 0 Å². The minimum Gasteiger partial charge on any atom is -0.496 e. The minimum atomic E-state index is -0.959. The number of carbonyl (C=O) groups is 1. The zero-order valence-corrected chi connectivity index (χ0v) is 8.75. The molecule has 0 radical (unpaired) electrons. The van der Waals surface area contributed by atoms with E-state index in [1.165, 1.54) is 7.11 Å². The number of aromatic carboxylic acids is 1. The monoisotopic (exact) mass is 212 g/mol. The van der Waals surface area contributed by atoms with Gasteiger partial charge in [-0.25, -0.2) is 4.79 Å². The molecule has 0 aliphatic carbocycles. The second-order valence-electron chi connectivity index (χ2n) is 2.77. The predicted molar refractivity (Wildman–Crippen MR) is 57.5 cm³/mol. The van der Waals surface area contributed by atoms with Crippen LogP contribution in [0, 0.1) is 0 Å². The Hall–Kier alpha value is -1.16. The van der Waals surface area contributed by atoms with Crippen molar-refractivity contribution in [2.45, 2.75) is 6.42 Å². The Morgan fingerprint density at radius 3 is 2.79 bits per heavy atom. The first-order chi connectivity index (χ1) is 6.70. The summed E-state index contributed by atoms with van der Waals surface area (Å²) in [6.07, 6.45) is 0.627. The topological polar surface area (TPSA) is 46.5 Å². The van der Waals surface area contributed by atoms with E-state index in [9.17, 15) is 4.79 Å². The van der Waals surface area contributed by atoms with Crippen LogP contribution in [0.5, 0.6) is 5.75 Å². The van der Waals surface area contributed by atoms with E-state index in [0.29, 0.717) is 17.9 Å². The van der Waals surface area contributed by atoms with E-state index in [1.54, 1.807) is 18.2 Å². The zero-order chi connectivity index (χ0) is 10.6. The summed E-state index contributed by atoms with van der Waals surface area (Å²) in [6, 6.07) is 5.21. The Balaban J connectivity index is 3.20. The van der Waals surface area contributed by atoms with Crippen molar-refractivity contribution in [3.63, 3.8) is 0 Å². The quantitative estimate of drug-likeness (QED) is 0.749. The van der Waals surface area contributed by atoms with Crippen LogP contribution in [0.4, 0.5) is 0 Å². The maximum absolute atomic E-state index is 11.0. The van der Waals surface area contributed by atoms with Gasteiger partial charge in [0.1, 0.15) is 11.3 Å². The first-order valence-electron chi connectivity index (χ1n) is 4.20. The highest BCUT2D eigenvalue weighted by atomic mass is 32.1. The van der Waals surface area contributed by atoms with E-state index in [1.807, 2.05) is 0 Å². The number of aryl methyl sites for hydroxylation is 1. The Bertz CT molecular complexity index is 336. The molecule has 3 nitrogen and oxygen atoms in total. The van der Waals surface area contributed by atoms with Gasteiger partial charge < -0.3 is 9.84 Å². The average molecular weight is 212 g/mol. The number of methoxy groups -OCH3 is 1. The molecule has 14 heavy (non-hydrogen) atoms. The van der Waals surface area contributed by atoms with E-state index >= 15 is 0 Å². The van der Waals surface area contributed by atoms with Crippen LogP contribution in [0.15, 0.2) is 18.2 Å². The highest BCUT2D eigenvalue weighted by molar-refractivity contribution is 7.80. The smallest absolute Gasteiger partial charge is 0.339 e. The van der Waals surface area contributed by atoms with Crippen LogP contribution in [0.3, 0.4) is 0 Å². The lowest BCUT2D eigenvalue weighted by atomic mass is 10.0. The molecule has 0 spiro atoms. The fourth-order valence-electron chi connectivity index (χ4n) is 1.32. The summed E-state index contributed by atoms with van der Waals surface area (Å²) in [5.74, 6) is 0.0593. The van der Waals surface area contributed by atoms with Crippen LogP contribution in [0.1, 0.15) is 15.9 Å². The van der Waals surface area contributed by atoms with E-state index in [4.69, 9.17) is 9.84 Å². The van der Waals surface area contributed by atoms with Crippen molar-refractivity contribution in [2.24, 2.45) is 0 Å². The summed E-state index contributed by atoms with van der Waals surface area (Å²) in [5.41, 5.74) is 0.996. The van der Waals surface area contributed by atoms with Crippen molar-refractivity contribution in [3.05, 3.63) is 29.3 Å². The van der Waals surface area contributed by atoms with Crippen molar-refractivity contribution < 1.29 is 14.6 Å². The molecule has 0 heterocycles. The molecule has 0 atom stereocenters. The summed E-state index contributed by atoms with van der Waals surface area (Å²) < 4.78 is 4.99. The highest BCUT2D eigenvalue weighted by Gasteiger charge is 2.14. The number of ether oxygens (including phenoxy) is 1. The van der Waals surface area contributed by atoms with Gasteiger partial charge in [-0.3, -0.25) is 0 Å². The molecule has 0 unspecified atom stereocenters. The average Bonchev–Trinajstić information content (AvgIpc) is 2.17. The summed E-state index contributed by atoms with van der Waals surface area (Å²) in [5, 5.41) is 9.00. The van der Waals surface area contributed by atoms with Gasteiger partial charge >= 0.3 is 5.97 Å². The first-order valence-corrected chi connectivity index (χ1v) is 4.84. The number of rotatable bonds is 4. The third kappa shape index (κ3) is 2.20. The Labute approximate surface area is 88.1 Å². The van der Waals surface area contributed by atoms with Crippen LogP contribution in [-0.4, -0.2) is 23.9 Å². The van der Waals surface area contributed by atoms with Gasteiger partial charge in [-0.15, -0.1) is 0 Å². The molecule has 0 saturated heterocycles. The van der Waals surface area contributed by atoms with E-state index < -0.39 is 5.97 Å². The van der Waals surface area contributed by atoms with Gasteiger partial charge in [-0.2, -0.15) is 12.6 Å². The molecule has 1 aromatic carbocycles.